The maximum Gasteiger partial charge on any atom is 0.255 e. The number of carbonyl (C=O) groups excluding carboxylic acids is 1. The number of amides is 1. The summed E-state index contributed by atoms with van der Waals surface area (Å²) < 4.78 is 6.35. The zero-order valence-corrected chi connectivity index (χ0v) is 18.1. The van der Waals surface area contributed by atoms with Crippen LogP contribution in [0.4, 0.5) is 0 Å². The maximum absolute atomic E-state index is 13.2. The van der Waals surface area contributed by atoms with Crippen LogP contribution in [0.5, 0.6) is 5.75 Å². The number of carbonyl (C=O) groups is 1. The Morgan fingerprint density at radius 1 is 1.28 bits per heavy atom. The molecule has 1 amide bonds. The molecule has 3 aliphatic rings. The average Bonchev–Trinajstić information content (AvgIpc) is 2.68. The van der Waals surface area contributed by atoms with Gasteiger partial charge in [0.05, 0.1) is 16.2 Å². The topological polar surface area (TPSA) is 65.7 Å². The third-order valence-corrected chi connectivity index (χ3v) is 6.87. The van der Waals surface area contributed by atoms with E-state index in [2.05, 4.69) is 38.8 Å². The van der Waals surface area contributed by atoms with Gasteiger partial charge in [-0.15, -0.1) is 0 Å². The van der Waals surface area contributed by atoms with E-state index in [1.54, 1.807) is 18.2 Å². The molecule has 1 saturated heterocycles. The van der Waals surface area contributed by atoms with Gasteiger partial charge >= 0.3 is 0 Å². The molecule has 0 unspecified atom stereocenters. The summed E-state index contributed by atoms with van der Waals surface area (Å²) in [6.45, 7) is 10.1. The second-order valence-corrected chi connectivity index (χ2v) is 9.69. The fourth-order valence-corrected chi connectivity index (χ4v) is 5.99. The number of rotatable bonds is 3. The van der Waals surface area contributed by atoms with Gasteiger partial charge < -0.3 is 9.64 Å². The number of halogens is 1. The Morgan fingerprint density at radius 2 is 2.00 bits per heavy atom. The Morgan fingerprint density at radius 3 is 2.66 bits per heavy atom. The second kappa shape index (κ2) is 6.88. The van der Waals surface area contributed by atoms with Crippen LogP contribution < -0.4 is 4.74 Å². The van der Waals surface area contributed by atoms with Crippen molar-refractivity contribution >= 4 is 23.2 Å². The minimum absolute atomic E-state index is 0.0609. The number of piperidine rings is 1. The number of nitriles is 1. The molecule has 2 heterocycles. The average molecular weight is 412 g/mol. The molecule has 5 nitrogen and oxygen atoms in total. The van der Waals surface area contributed by atoms with E-state index in [1.807, 2.05) is 11.0 Å². The standard InChI is InChI=1S/C23H26ClN3O2/c1-22(2)20(27-11-9-18-16(19(27)28)6-5-10-26-18)23(3,4)21(22)29-15-8-7-14(13-25)17(24)12-15/h6-8,12,20-21H,5,9-11H2,1-4H3/t20-,21-. The molecule has 0 radical (unpaired) electrons. The van der Waals surface area contributed by atoms with Gasteiger partial charge in [0, 0.05) is 48.2 Å². The third-order valence-electron chi connectivity index (χ3n) is 6.56. The van der Waals surface area contributed by atoms with E-state index in [-0.39, 0.29) is 28.9 Å². The molecule has 0 atom stereocenters. The maximum atomic E-state index is 13.2. The SMILES string of the molecule is CC1(C)[C@H](Oc2ccc(C#N)c(Cl)c2)C(C)(C)[C@H]1N1CCC2=NCCC=C2C1=O. The van der Waals surface area contributed by atoms with Gasteiger partial charge in [-0.05, 0) is 18.6 Å². The van der Waals surface area contributed by atoms with E-state index in [0.717, 1.165) is 30.7 Å². The lowest BCUT2D eigenvalue weighted by molar-refractivity contribution is -0.210. The number of likely N-dealkylation sites (tertiary alicyclic amines) is 1. The van der Waals surface area contributed by atoms with E-state index in [9.17, 15) is 4.79 Å². The summed E-state index contributed by atoms with van der Waals surface area (Å²) in [7, 11) is 0. The molecule has 0 spiro atoms. The summed E-state index contributed by atoms with van der Waals surface area (Å²) in [6.07, 6.45) is 3.60. The smallest absolute Gasteiger partial charge is 0.255 e. The Balaban J connectivity index is 1.58. The van der Waals surface area contributed by atoms with Crippen molar-refractivity contribution in [2.75, 3.05) is 13.1 Å². The van der Waals surface area contributed by atoms with Crippen LogP contribution in [0.1, 0.15) is 46.1 Å². The van der Waals surface area contributed by atoms with Crippen molar-refractivity contribution in [3.05, 3.63) is 40.4 Å². The van der Waals surface area contributed by atoms with E-state index in [4.69, 9.17) is 21.6 Å². The van der Waals surface area contributed by atoms with Crippen LogP contribution in [0, 0.1) is 22.2 Å². The first-order chi connectivity index (χ1) is 13.7. The highest BCUT2D eigenvalue weighted by Crippen LogP contribution is 2.58. The van der Waals surface area contributed by atoms with Gasteiger partial charge in [0.2, 0.25) is 0 Å². The monoisotopic (exact) mass is 411 g/mol. The van der Waals surface area contributed by atoms with E-state index >= 15 is 0 Å². The minimum Gasteiger partial charge on any atom is -0.489 e. The van der Waals surface area contributed by atoms with Gasteiger partial charge in [-0.1, -0.05) is 45.4 Å². The molecule has 4 rings (SSSR count). The van der Waals surface area contributed by atoms with Crippen molar-refractivity contribution < 1.29 is 9.53 Å². The predicted octanol–water partition coefficient (Wildman–Crippen LogP) is 4.40. The van der Waals surface area contributed by atoms with Gasteiger partial charge in [0.1, 0.15) is 17.9 Å². The Bertz CT molecular complexity index is 955. The highest BCUT2D eigenvalue weighted by Gasteiger charge is 2.66. The summed E-state index contributed by atoms with van der Waals surface area (Å²) in [6, 6.07) is 7.29. The minimum atomic E-state index is -0.233. The quantitative estimate of drug-likeness (QED) is 0.740. The van der Waals surface area contributed by atoms with Crippen LogP contribution in [0.25, 0.3) is 0 Å². The van der Waals surface area contributed by atoms with Gasteiger partial charge in [-0.25, -0.2) is 0 Å². The zero-order valence-electron chi connectivity index (χ0n) is 17.3. The van der Waals surface area contributed by atoms with Crippen LogP contribution >= 0.6 is 11.6 Å². The molecule has 152 valence electrons. The summed E-state index contributed by atoms with van der Waals surface area (Å²) in [5, 5.41) is 9.46. The van der Waals surface area contributed by atoms with Gasteiger partial charge in [0.25, 0.3) is 5.91 Å². The molecule has 0 bridgehead atoms. The summed E-state index contributed by atoms with van der Waals surface area (Å²) >= 11 is 6.18. The lowest BCUT2D eigenvalue weighted by Gasteiger charge is -2.66. The van der Waals surface area contributed by atoms with Crippen molar-refractivity contribution in [3.8, 4) is 11.8 Å². The van der Waals surface area contributed by atoms with Crippen molar-refractivity contribution in [3.63, 3.8) is 0 Å². The number of ether oxygens (including phenoxy) is 1. The molecule has 1 saturated carbocycles. The molecular formula is C23H26ClN3O2. The van der Waals surface area contributed by atoms with Crippen LogP contribution in [0.15, 0.2) is 34.8 Å². The lowest BCUT2D eigenvalue weighted by atomic mass is 9.48. The van der Waals surface area contributed by atoms with Crippen molar-refractivity contribution in [1.29, 1.82) is 5.26 Å². The summed E-state index contributed by atoms with van der Waals surface area (Å²) in [5.41, 5.74) is 1.72. The molecule has 29 heavy (non-hydrogen) atoms. The number of aliphatic imine (C=N–C) groups is 1. The van der Waals surface area contributed by atoms with Crippen molar-refractivity contribution in [1.82, 2.24) is 4.90 Å². The molecule has 6 heteroatoms. The normalized spacial score (nSPS) is 27.2. The van der Waals surface area contributed by atoms with E-state index in [1.165, 1.54) is 0 Å². The molecule has 1 aromatic rings. The molecule has 1 aliphatic carbocycles. The van der Waals surface area contributed by atoms with Crippen LogP contribution in [0.2, 0.25) is 5.02 Å². The summed E-state index contributed by atoms with van der Waals surface area (Å²) in [4.78, 5) is 19.8. The Labute approximate surface area is 177 Å². The first-order valence-corrected chi connectivity index (χ1v) is 10.5. The van der Waals surface area contributed by atoms with Gasteiger partial charge in [-0.2, -0.15) is 5.26 Å². The first kappa shape index (κ1) is 20.0. The molecular weight excluding hydrogens is 386 g/mol. The Hall–Kier alpha value is -2.32. The van der Waals surface area contributed by atoms with Crippen molar-refractivity contribution in [2.45, 2.75) is 52.7 Å². The molecule has 2 aliphatic heterocycles. The highest BCUT2D eigenvalue weighted by atomic mass is 35.5. The number of dihydropyridines is 1. The van der Waals surface area contributed by atoms with E-state index < -0.39 is 0 Å². The second-order valence-electron chi connectivity index (χ2n) is 9.28. The largest absolute Gasteiger partial charge is 0.489 e. The number of fused-ring (bicyclic) bond motifs is 1. The highest BCUT2D eigenvalue weighted by molar-refractivity contribution is 6.31. The summed E-state index contributed by atoms with van der Waals surface area (Å²) in [5.74, 6) is 0.744. The predicted molar refractivity (Wildman–Crippen MR) is 113 cm³/mol. The fourth-order valence-electron chi connectivity index (χ4n) is 5.78. The number of nitrogens with zero attached hydrogens (tertiary/aromatic N) is 3. The van der Waals surface area contributed by atoms with Crippen molar-refractivity contribution in [2.24, 2.45) is 15.8 Å². The van der Waals surface area contributed by atoms with Gasteiger partial charge in [0.15, 0.2) is 0 Å². The van der Waals surface area contributed by atoms with E-state index in [0.29, 0.717) is 22.9 Å². The number of hydrogen-bond donors (Lipinski definition) is 0. The number of hydrogen-bond acceptors (Lipinski definition) is 4. The zero-order chi connectivity index (χ0) is 21.0. The first-order valence-electron chi connectivity index (χ1n) is 10.1. The Kier molecular flexibility index (Phi) is 4.74. The molecule has 0 N–H and O–H groups in total. The van der Waals surface area contributed by atoms with Gasteiger partial charge in [-0.3, -0.25) is 9.79 Å². The molecule has 0 aromatic heterocycles. The van der Waals surface area contributed by atoms with Crippen LogP contribution in [-0.4, -0.2) is 41.8 Å². The fraction of sp³-hybridized carbons (Fsp3) is 0.522. The molecule has 2 fully saturated rings. The number of benzene rings is 1. The third kappa shape index (κ3) is 3.05. The lowest BCUT2D eigenvalue weighted by Crippen LogP contribution is -2.76. The van der Waals surface area contributed by atoms with Crippen LogP contribution in [0.3, 0.4) is 0 Å². The van der Waals surface area contributed by atoms with Crippen LogP contribution in [-0.2, 0) is 4.79 Å². The molecule has 1 aromatic carbocycles.